The monoisotopic (exact) mass is 390 g/mol. The topological polar surface area (TPSA) is 39.2 Å². The van der Waals surface area contributed by atoms with Crippen LogP contribution >= 0.6 is 0 Å². The number of piperazine rings is 1. The highest BCUT2D eigenvalue weighted by atomic mass is 19.2. The van der Waals surface area contributed by atoms with E-state index in [1.807, 2.05) is 4.90 Å². The van der Waals surface area contributed by atoms with Crippen LogP contribution in [0.1, 0.15) is 37.7 Å². The molecule has 1 aromatic rings. The van der Waals surface area contributed by atoms with Crippen molar-refractivity contribution in [3.05, 3.63) is 41.6 Å². The molecule has 1 heterocycles. The van der Waals surface area contributed by atoms with Crippen molar-refractivity contribution in [3.8, 4) is 0 Å². The zero-order valence-corrected chi connectivity index (χ0v) is 16.4. The minimum Gasteiger partial charge on any atom is -0.322 e. The minimum absolute atomic E-state index is 0.132. The first-order chi connectivity index (χ1) is 13.5. The van der Waals surface area contributed by atoms with Crippen LogP contribution in [0.4, 0.5) is 13.6 Å². The Bertz CT molecular complexity index is 738. The van der Waals surface area contributed by atoms with E-state index in [1.54, 1.807) is 7.05 Å². The number of hydrogen-bond acceptors (Lipinski definition) is 3. The van der Waals surface area contributed by atoms with Crippen LogP contribution < -0.4 is 0 Å². The Hall–Kier alpha value is -2.28. The summed E-state index contributed by atoms with van der Waals surface area (Å²) in [7, 11) is 1.64. The second kappa shape index (κ2) is 9.28. The molecular weight excluding hydrogens is 362 g/mol. The van der Waals surface area contributed by atoms with E-state index in [0.29, 0.717) is 30.4 Å². The minimum atomic E-state index is -0.958. The molecule has 0 radical (unpaired) electrons. The van der Waals surface area contributed by atoms with Crippen LogP contribution in [0.25, 0.3) is 5.70 Å². The van der Waals surface area contributed by atoms with Gasteiger partial charge in [0.2, 0.25) is 0 Å². The Morgan fingerprint density at radius 3 is 2.43 bits per heavy atom. The molecule has 1 saturated heterocycles. The van der Waals surface area contributed by atoms with Crippen molar-refractivity contribution in [2.45, 2.75) is 38.1 Å². The highest BCUT2D eigenvalue weighted by molar-refractivity contribution is 5.78. The summed E-state index contributed by atoms with van der Waals surface area (Å²) in [5.41, 5.74) is 0.686. The van der Waals surface area contributed by atoms with E-state index in [4.69, 9.17) is 0 Å². The van der Waals surface area contributed by atoms with Gasteiger partial charge in [0.05, 0.1) is 5.70 Å². The average molecular weight is 390 g/mol. The third-order valence-corrected chi connectivity index (χ3v) is 5.68. The number of nitrogens with zero attached hydrogens (tertiary/aromatic N) is 4. The van der Waals surface area contributed by atoms with Crippen molar-refractivity contribution < 1.29 is 13.6 Å². The van der Waals surface area contributed by atoms with Gasteiger partial charge in [0.1, 0.15) is 0 Å². The SMILES string of the molecule is C=NC(=CN(C)C(=O)N1CCN(C2CCCCC2)CC1)c1ccc(F)c(F)c1. The molecule has 1 aromatic carbocycles. The molecule has 0 bridgehead atoms. The lowest BCUT2D eigenvalue weighted by Gasteiger charge is -2.41. The van der Waals surface area contributed by atoms with Crippen molar-refractivity contribution in [1.29, 1.82) is 0 Å². The number of aliphatic imine (C=N–C) groups is 1. The molecule has 1 aliphatic carbocycles. The highest BCUT2D eigenvalue weighted by Gasteiger charge is 2.28. The fourth-order valence-corrected chi connectivity index (χ4v) is 4.05. The molecule has 0 N–H and O–H groups in total. The van der Waals surface area contributed by atoms with Crippen molar-refractivity contribution >= 4 is 18.4 Å². The first-order valence-electron chi connectivity index (χ1n) is 9.89. The number of amides is 2. The van der Waals surface area contributed by atoms with E-state index in [-0.39, 0.29) is 6.03 Å². The van der Waals surface area contributed by atoms with Crippen molar-refractivity contribution in [1.82, 2.24) is 14.7 Å². The fraction of sp³-hybridized carbons (Fsp3) is 0.524. The van der Waals surface area contributed by atoms with Crippen LogP contribution in [0.15, 0.2) is 29.4 Å². The van der Waals surface area contributed by atoms with E-state index in [2.05, 4.69) is 16.6 Å². The van der Waals surface area contributed by atoms with E-state index in [1.165, 1.54) is 49.3 Å². The maximum Gasteiger partial charge on any atom is 0.323 e. The number of rotatable bonds is 4. The number of carbonyl (C=O) groups excluding carboxylic acids is 1. The molecule has 1 aliphatic heterocycles. The highest BCUT2D eigenvalue weighted by Crippen LogP contribution is 2.24. The normalized spacial score (nSPS) is 19.5. The van der Waals surface area contributed by atoms with Crippen LogP contribution in [-0.4, -0.2) is 66.7 Å². The van der Waals surface area contributed by atoms with Gasteiger partial charge in [-0.3, -0.25) is 9.89 Å². The fourth-order valence-electron chi connectivity index (χ4n) is 4.05. The predicted octanol–water partition coefficient (Wildman–Crippen LogP) is 3.97. The van der Waals surface area contributed by atoms with Crippen molar-refractivity contribution in [3.63, 3.8) is 0 Å². The molecule has 2 amide bonds. The number of halogens is 2. The first kappa shape index (κ1) is 20.5. The lowest BCUT2D eigenvalue weighted by Crippen LogP contribution is -2.54. The first-order valence-corrected chi connectivity index (χ1v) is 9.89. The van der Waals surface area contributed by atoms with E-state index < -0.39 is 11.6 Å². The largest absolute Gasteiger partial charge is 0.323 e. The summed E-state index contributed by atoms with van der Waals surface area (Å²) >= 11 is 0. The molecule has 0 spiro atoms. The van der Waals surface area contributed by atoms with Gasteiger partial charge in [0, 0.05) is 51.0 Å². The van der Waals surface area contributed by atoms with Gasteiger partial charge in [-0.1, -0.05) is 19.3 Å². The number of urea groups is 1. The van der Waals surface area contributed by atoms with Crippen molar-refractivity contribution in [2.24, 2.45) is 4.99 Å². The van der Waals surface area contributed by atoms with Crippen LogP contribution in [0.2, 0.25) is 0 Å². The molecule has 0 atom stereocenters. The van der Waals surface area contributed by atoms with Gasteiger partial charge in [-0.2, -0.15) is 0 Å². The third kappa shape index (κ3) is 4.76. The quantitative estimate of drug-likeness (QED) is 0.730. The summed E-state index contributed by atoms with van der Waals surface area (Å²) in [5.74, 6) is -1.88. The standard InChI is InChI=1S/C21H28F2N4O/c1-24-20(16-8-9-18(22)19(23)14-16)15-25(2)21(28)27-12-10-26(11-13-27)17-6-4-3-5-7-17/h8-9,14-15,17H,1,3-7,10-13H2,2H3. The Morgan fingerprint density at radius 2 is 1.82 bits per heavy atom. The molecule has 1 saturated carbocycles. The Balaban J connectivity index is 1.61. The number of carbonyl (C=O) groups is 1. The molecule has 3 rings (SSSR count). The predicted molar refractivity (Wildman–Crippen MR) is 107 cm³/mol. The molecular formula is C21H28F2N4O. The molecule has 0 aromatic heterocycles. The molecule has 7 heteroatoms. The van der Waals surface area contributed by atoms with Crippen LogP contribution in [-0.2, 0) is 0 Å². The van der Waals surface area contributed by atoms with E-state index >= 15 is 0 Å². The summed E-state index contributed by atoms with van der Waals surface area (Å²) in [6.45, 7) is 6.65. The van der Waals surface area contributed by atoms with Gasteiger partial charge < -0.3 is 9.80 Å². The molecule has 0 unspecified atom stereocenters. The zero-order chi connectivity index (χ0) is 20.1. The van der Waals surface area contributed by atoms with Gasteiger partial charge in [-0.15, -0.1) is 0 Å². The molecule has 5 nitrogen and oxygen atoms in total. The summed E-state index contributed by atoms with van der Waals surface area (Å²) in [6, 6.07) is 4.04. The average Bonchev–Trinajstić information content (AvgIpc) is 2.74. The van der Waals surface area contributed by atoms with Gasteiger partial charge >= 0.3 is 6.03 Å². The van der Waals surface area contributed by atoms with Gasteiger partial charge in [0.25, 0.3) is 0 Å². The molecule has 28 heavy (non-hydrogen) atoms. The summed E-state index contributed by atoms with van der Waals surface area (Å²) in [6.07, 6.45) is 7.98. The number of benzene rings is 1. The van der Waals surface area contributed by atoms with Crippen LogP contribution in [0.5, 0.6) is 0 Å². The van der Waals surface area contributed by atoms with Crippen LogP contribution in [0, 0.1) is 11.6 Å². The second-order valence-electron chi connectivity index (χ2n) is 7.51. The van der Waals surface area contributed by atoms with E-state index in [0.717, 1.165) is 25.2 Å². The lowest BCUT2D eigenvalue weighted by molar-refractivity contribution is 0.0845. The molecule has 2 fully saturated rings. The molecule has 152 valence electrons. The van der Waals surface area contributed by atoms with Crippen LogP contribution in [0.3, 0.4) is 0 Å². The summed E-state index contributed by atoms with van der Waals surface area (Å²) in [5, 5.41) is 0. The van der Waals surface area contributed by atoms with Crippen molar-refractivity contribution in [2.75, 3.05) is 33.2 Å². The smallest absolute Gasteiger partial charge is 0.322 e. The summed E-state index contributed by atoms with van der Waals surface area (Å²) in [4.78, 5) is 22.4. The second-order valence-corrected chi connectivity index (χ2v) is 7.51. The van der Waals surface area contributed by atoms with Gasteiger partial charge in [0.15, 0.2) is 11.6 Å². The lowest BCUT2D eigenvalue weighted by atomic mass is 9.94. The maximum absolute atomic E-state index is 13.5. The Labute approximate surface area is 165 Å². The number of hydrogen-bond donors (Lipinski definition) is 0. The zero-order valence-electron chi connectivity index (χ0n) is 16.4. The van der Waals surface area contributed by atoms with Gasteiger partial charge in [-0.05, 0) is 37.8 Å². The summed E-state index contributed by atoms with van der Waals surface area (Å²) < 4.78 is 26.6. The third-order valence-electron chi connectivity index (χ3n) is 5.68. The Kier molecular flexibility index (Phi) is 6.78. The molecule has 2 aliphatic rings. The maximum atomic E-state index is 13.5. The van der Waals surface area contributed by atoms with E-state index in [9.17, 15) is 13.6 Å². The van der Waals surface area contributed by atoms with Gasteiger partial charge in [-0.25, -0.2) is 13.6 Å². The Morgan fingerprint density at radius 1 is 1.14 bits per heavy atom.